The van der Waals surface area contributed by atoms with Crippen LogP contribution in [-0.2, 0) is 4.79 Å². The van der Waals surface area contributed by atoms with Gasteiger partial charge in [0.1, 0.15) is 6.04 Å². The average molecular weight is 422 g/mol. The van der Waals surface area contributed by atoms with Gasteiger partial charge in [0.05, 0.1) is 22.5 Å². The summed E-state index contributed by atoms with van der Waals surface area (Å²) in [5.41, 5.74) is 2.50. The van der Waals surface area contributed by atoms with Crippen molar-refractivity contribution < 1.29 is 4.79 Å². The van der Waals surface area contributed by atoms with E-state index in [4.69, 9.17) is 0 Å². The minimum Gasteiger partial charge on any atom is -0.352 e. The van der Waals surface area contributed by atoms with Crippen LogP contribution in [0.4, 0.5) is 0 Å². The molecule has 1 N–H and O–H groups in total. The maximum Gasteiger partial charge on any atom is 0.295 e. The Bertz CT molecular complexity index is 1120. The first-order chi connectivity index (χ1) is 15.0. The highest BCUT2D eigenvalue weighted by Crippen LogP contribution is 2.23. The second-order valence-corrected chi connectivity index (χ2v) is 8.51. The zero-order valence-electron chi connectivity index (χ0n) is 18.6. The number of carbonyl (C=O) groups excluding carboxylic acids is 1. The Morgan fingerprint density at radius 3 is 2.42 bits per heavy atom. The van der Waals surface area contributed by atoms with Crippen LogP contribution < -0.4 is 10.9 Å². The number of benzene rings is 1. The summed E-state index contributed by atoms with van der Waals surface area (Å²) in [6.07, 6.45) is 7.23. The summed E-state index contributed by atoms with van der Waals surface area (Å²) in [7, 11) is 0. The quantitative estimate of drug-likeness (QED) is 0.632. The number of hydrogen-bond donors (Lipinski definition) is 1. The Labute approximate surface area is 182 Å². The summed E-state index contributed by atoms with van der Waals surface area (Å²) in [5.74, 6) is -0.123. The molecule has 0 saturated heterocycles. The van der Waals surface area contributed by atoms with Crippen LogP contribution in [0.1, 0.15) is 69.3 Å². The predicted octanol–water partition coefficient (Wildman–Crippen LogP) is 3.99. The average Bonchev–Trinajstić information content (AvgIpc) is 2.93. The molecule has 1 atom stereocenters. The molecule has 7 nitrogen and oxygen atoms in total. The van der Waals surface area contributed by atoms with Crippen molar-refractivity contribution in [2.75, 3.05) is 0 Å². The van der Waals surface area contributed by atoms with Crippen molar-refractivity contribution >= 4 is 16.8 Å². The molecule has 2 aromatic heterocycles. The molecule has 0 radical (unpaired) electrons. The first-order valence-electron chi connectivity index (χ1n) is 11.4. The third-order valence-corrected chi connectivity index (χ3v) is 6.33. The van der Waals surface area contributed by atoms with E-state index in [2.05, 4.69) is 15.5 Å². The highest BCUT2D eigenvalue weighted by atomic mass is 16.2. The molecule has 164 valence electrons. The second kappa shape index (κ2) is 9.04. The van der Waals surface area contributed by atoms with Gasteiger partial charge >= 0.3 is 0 Å². The third-order valence-electron chi connectivity index (χ3n) is 6.33. The fourth-order valence-electron chi connectivity index (χ4n) is 4.67. The van der Waals surface area contributed by atoms with E-state index >= 15 is 0 Å². The number of rotatable bonds is 5. The molecule has 1 saturated carbocycles. The highest BCUT2D eigenvalue weighted by Gasteiger charge is 2.27. The Kier molecular flexibility index (Phi) is 6.20. The van der Waals surface area contributed by atoms with Gasteiger partial charge in [-0.15, -0.1) is 0 Å². The molecule has 1 fully saturated rings. The lowest BCUT2D eigenvalue weighted by Gasteiger charge is -2.22. The van der Waals surface area contributed by atoms with Crippen LogP contribution in [0.3, 0.4) is 0 Å². The zero-order chi connectivity index (χ0) is 22.0. The van der Waals surface area contributed by atoms with E-state index in [1.54, 1.807) is 4.68 Å². The Balaban J connectivity index is 1.72. The smallest absolute Gasteiger partial charge is 0.295 e. The first-order valence-corrected chi connectivity index (χ1v) is 11.4. The van der Waals surface area contributed by atoms with Gasteiger partial charge in [0, 0.05) is 6.04 Å². The molecule has 1 amide bonds. The van der Waals surface area contributed by atoms with E-state index < -0.39 is 6.04 Å². The van der Waals surface area contributed by atoms with Crippen LogP contribution >= 0.6 is 0 Å². The molecule has 7 heteroatoms. The van der Waals surface area contributed by atoms with Gasteiger partial charge in [0.15, 0.2) is 5.52 Å². The Hall–Kier alpha value is -2.96. The monoisotopic (exact) mass is 421 g/mol. The van der Waals surface area contributed by atoms with Crippen LogP contribution in [0.2, 0.25) is 0 Å². The number of hydrogen-bond acceptors (Lipinski definition) is 4. The summed E-state index contributed by atoms with van der Waals surface area (Å²) >= 11 is 0. The summed E-state index contributed by atoms with van der Waals surface area (Å²) in [6, 6.07) is 9.28. The van der Waals surface area contributed by atoms with Gasteiger partial charge < -0.3 is 5.32 Å². The summed E-state index contributed by atoms with van der Waals surface area (Å²) < 4.78 is 3.11. The number of fused-ring (bicyclic) bond motifs is 1. The van der Waals surface area contributed by atoms with Crippen LogP contribution in [0.25, 0.3) is 16.6 Å². The number of nitrogens with zero attached hydrogens (tertiary/aromatic N) is 4. The van der Waals surface area contributed by atoms with E-state index in [0.717, 1.165) is 42.5 Å². The van der Waals surface area contributed by atoms with Gasteiger partial charge in [0.25, 0.3) is 5.56 Å². The molecule has 3 aromatic rings. The molecular weight excluding hydrogens is 390 g/mol. The van der Waals surface area contributed by atoms with Crippen molar-refractivity contribution in [2.45, 2.75) is 77.8 Å². The van der Waals surface area contributed by atoms with Crippen molar-refractivity contribution in [3.8, 4) is 5.69 Å². The molecule has 0 aliphatic heterocycles. The molecule has 2 heterocycles. The van der Waals surface area contributed by atoms with Crippen LogP contribution in [-0.4, -0.2) is 31.5 Å². The van der Waals surface area contributed by atoms with E-state index in [-0.39, 0.29) is 17.5 Å². The number of aryl methyl sites for hydroxylation is 2. The molecule has 1 aliphatic carbocycles. The number of carbonyl (C=O) groups is 1. The Morgan fingerprint density at radius 1 is 1.10 bits per heavy atom. The summed E-state index contributed by atoms with van der Waals surface area (Å²) in [4.78, 5) is 26.5. The lowest BCUT2D eigenvalue weighted by molar-refractivity contribution is -0.125. The van der Waals surface area contributed by atoms with Crippen molar-refractivity contribution in [2.24, 2.45) is 0 Å². The number of para-hydroxylation sites is 1. The number of nitrogens with one attached hydrogen (secondary N) is 1. The molecule has 0 unspecified atom stereocenters. The summed E-state index contributed by atoms with van der Waals surface area (Å²) in [5, 5.41) is 13.1. The normalized spacial score (nSPS) is 16.2. The molecule has 0 spiro atoms. The third kappa shape index (κ3) is 4.13. The van der Waals surface area contributed by atoms with Crippen LogP contribution in [0.5, 0.6) is 0 Å². The largest absolute Gasteiger partial charge is 0.352 e. The van der Waals surface area contributed by atoms with Gasteiger partial charge in [-0.1, -0.05) is 50.8 Å². The lowest BCUT2D eigenvalue weighted by atomic mass is 10.1. The fourth-order valence-corrected chi connectivity index (χ4v) is 4.67. The minimum atomic E-state index is -0.638. The van der Waals surface area contributed by atoms with Gasteiger partial charge in [-0.3, -0.25) is 9.59 Å². The first kappa shape index (κ1) is 21.3. The van der Waals surface area contributed by atoms with Gasteiger partial charge in [-0.05, 0) is 45.2 Å². The standard InChI is InChI=1S/C24H31N5O2/c1-4-20(23(30)25-18-12-8-5-6-9-13-18)29-24(31)22-21(16(2)26-29)17(3)28(27-22)19-14-10-7-11-15-19/h7,10-11,14-15,18,20H,4-6,8-9,12-13H2,1-3H3,(H,25,30)/t20-/m0/s1. The van der Waals surface area contributed by atoms with Crippen LogP contribution in [0, 0.1) is 13.8 Å². The maximum absolute atomic E-state index is 13.4. The SMILES string of the molecule is CC[C@@H](C(=O)NC1CCCCCC1)n1nc(C)c2c(C)n(-c3ccccc3)nc2c1=O. The van der Waals surface area contributed by atoms with E-state index in [9.17, 15) is 9.59 Å². The molecule has 1 aromatic carbocycles. The predicted molar refractivity (Wildman–Crippen MR) is 122 cm³/mol. The van der Waals surface area contributed by atoms with Gasteiger partial charge in [-0.2, -0.15) is 10.2 Å². The lowest BCUT2D eigenvalue weighted by Crippen LogP contribution is -2.43. The molecular formula is C24H31N5O2. The second-order valence-electron chi connectivity index (χ2n) is 8.51. The van der Waals surface area contributed by atoms with Crippen molar-refractivity contribution in [1.82, 2.24) is 24.9 Å². The minimum absolute atomic E-state index is 0.123. The molecule has 0 bridgehead atoms. The number of amides is 1. The van der Waals surface area contributed by atoms with E-state index in [0.29, 0.717) is 17.6 Å². The van der Waals surface area contributed by atoms with E-state index in [1.165, 1.54) is 17.5 Å². The summed E-state index contributed by atoms with van der Waals surface area (Å²) in [6.45, 7) is 5.73. The zero-order valence-corrected chi connectivity index (χ0v) is 18.6. The number of aromatic nitrogens is 4. The van der Waals surface area contributed by atoms with Crippen molar-refractivity contribution in [3.63, 3.8) is 0 Å². The fraction of sp³-hybridized carbons (Fsp3) is 0.500. The van der Waals surface area contributed by atoms with Crippen LogP contribution in [0.15, 0.2) is 35.1 Å². The topological polar surface area (TPSA) is 81.8 Å². The Morgan fingerprint density at radius 2 is 1.77 bits per heavy atom. The van der Waals surface area contributed by atoms with Crippen molar-refractivity contribution in [1.29, 1.82) is 0 Å². The maximum atomic E-state index is 13.4. The highest BCUT2D eigenvalue weighted by molar-refractivity contribution is 5.84. The molecule has 1 aliphatic rings. The molecule has 31 heavy (non-hydrogen) atoms. The molecule has 4 rings (SSSR count). The van der Waals surface area contributed by atoms with Crippen molar-refractivity contribution in [3.05, 3.63) is 52.1 Å². The van der Waals surface area contributed by atoms with Gasteiger partial charge in [-0.25, -0.2) is 9.36 Å². The van der Waals surface area contributed by atoms with Gasteiger partial charge in [0.2, 0.25) is 5.91 Å². The van der Waals surface area contributed by atoms with E-state index in [1.807, 2.05) is 51.1 Å².